The van der Waals surface area contributed by atoms with Crippen molar-refractivity contribution in [1.29, 1.82) is 0 Å². The normalized spacial score (nSPS) is 11.6. The van der Waals surface area contributed by atoms with Crippen LogP contribution in [0.1, 0.15) is 24.2 Å². The standard InChI is InChI=1S/C18H18ClNO3S/c1-3-23-18(22)15-11-13(9-10-16(15)19)20-17(21)12(2)24-14-7-5-4-6-8-14/h4-12H,3H2,1-2H3,(H,20,21). The Morgan fingerprint density at radius 1 is 1.21 bits per heavy atom. The summed E-state index contributed by atoms with van der Waals surface area (Å²) >= 11 is 7.48. The predicted octanol–water partition coefficient (Wildman–Crippen LogP) is 4.64. The SMILES string of the molecule is CCOC(=O)c1cc(NC(=O)C(C)Sc2ccccc2)ccc1Cl. The Balaban J connectivity index is 2.05. The van der Waals surface area contributed by atoms with E-state index >= 15 is 0 Å². The Morgan fingerprint density at radius 2 is 1.92 bits per heavy atom. The van der Waals surface area contributed by atoms with E-state index in [1.165, 1.54) is 17.8 Å². The van der Waals surface area contributed by atoms with Gasteiger partial charge in [-0.25, -0.2) is 4.79 Å². The molecule has 1 N–H and O–H groups in total. The van der Waals surface area contributed by atoms with Crippen molar-refractivity contribution >= 4 is 40.9 Å². The summed E-state index contributed by atoms with van der Waals surface area (Å²) in [4.78, 5) is 25.2. The molecule has 24 heavy (non-hydrogen) atoms. The minimum absolute atomic E-state index is 0.152. The maximum atomic E-state index is 12.3. The van der Waals surface area contributed by atoms with Crippen LogP contribution in [0.2, 0.25) is 5.02 Å². The van der Waals surface area contributed by atoms with Crippen LogP contribution >= 0.6 is 23.4 Å². The smallest absolute Gasteiger partial charge is 0.339 e. The number of nitrogens with one attached hydrogen (secondary N) is 1. The molecule has 1 atom stereocenters. The maximum Gasteiger partial charge on any atom is 0.339 e. The van der Waals surface area contributed by atoms with Crippen LogP contribution in [0.4, 0.5) is 5.69 Å². The van der Waals surface area contributed by atoms with Crippen molar-refractivity contribution in [3.8, 4) is 0 Å². The second-order valence-corrected chi connectivity index (χ2v) is 6.80. The molecule has 1 amide bonds. The fourth-order valence-corrected chi connectivity index (χ4v) is 3.05. The maximum absolute atomic E-state index is 12.3. The van der Waals surface area contributed by atoms with E-state index in [2.05, 4.69) is 5.32 Å². The number of amides is 1. The first-order valence-electron chi connectivity index (χ1n) is 7.50. The molecule has 0 bridgehead atoms. The number of halogens is 1. The lowest BCUT2D eigenvalue weighted by Crippen LogP contribution is -2.22. The summed E-state index contributed by atoms with van der Waals surface area (Å²) in [5.41, 5.74) is 0.743. The van der Waals surface area contributed by atoms with Gasteiger partial charge in [0.05, 0.1) is 22.4 Å². The van der Waals surface area contributed by atoms with Crippen LogP contribution in [0.25, 0.3) is 0 Å². The van der Waals surface area contributed by atoms with Gasteiger partial charge in [0.25, 0.3) is 0 Å². The minimum Gasteiger partial charge on any atom is -0.462 e. The second-order valence-electron chi connectivity index (χ2n) is 4.98. The number of ether oxygens (including phenoxy) is 1. The van der Waals surface area contributed by atoms with Gasteiger partial charge in [-0.2, -0.15) is 0 Å². The van der Waals surface area contributed by atoms with Crippen molar-refractivity contribution in [3.63, 3.8) is 0 Å². The summed E-state index contributed by atoms with van der Waals surface area (Å²) in [5.74, 6) is -0.661. The van der Waals surface area contributed by atoms with E-state index in [9.17, 15) is 9.59 Å². The number of thioether (sulfide) groups is 1. The first-order chi connectivity index (χ1) is 11.5. The van der Waals surface area contributed by atoms with Gasteiger partial charge in [-0.05, 0) is 44.2 Å². The van der Waals surface area contributed by atoms with Crippen LogP contribution in [0, 0.1) is 0 Å². The zero-order chi connectivity index (χ0) is 17.5. The highest BCUT2D eigenvalue weighted by Crippen LogP contribution is 2.25. The molecule has 0 saturated heterocycles. The summed E-state index contributed by atoms with van der Waals surface area (Å²) in [7, 11) is 0. The second kappa shape index (κ2) is 8.76. The number of carbonyl (C=O) groups excluding carboxylic acids is 2. The summed E-state index contributed by atoms with van der Waals surface area (Å²) in [5, 5.41) is 2.81. The third-order valence-corrected chi connectivity index (χ3v) is 4.60. The van der Waals surface area contributed by atoms with E-state index in [-0.39, 0.29) is 28.4 Å². The Morgan fingerprint density at radius 3 is 2.58 bits per heavy atom. The molecular formula is C18H18ClNO3S. The summed E-state index contributed by atoms with van der Waals surface area (Å²) in [6.45, 7) is 3.81. The van der Waals surface area contributed by atoms with Gasteiger partial charge in [-0.1, -0.05) is 29.8 Å². The van der Waals surface area contributed by atoms with Crippen molar-refractivity contribution in [2.75, 3.05) is 11.9 Å². The van der Waals surface area contributed by atoms with Crippen LogP contribution < -0.4 is 5.32 Å². The number of benzene rings is 2. The lowest BCUT2D eigenvalue weighted by Gasteiger charge is -2.13. The number of hydrogen-bond acceptors (Lipinski definition) is 4. The van der Waals surface area contributed by atoms with Gasteiger partial charge < -0.3 is 10.1 Å². The highest BCUT2D eigenvalue weighted by Gasteiger charge is 2.17. The molecule has 0 aliphatic heterocycles. The van der Waals surface area contributed by atoms with E-state index in [1.54, 1.807) is 19.1 Å². The van der Waals surface area contributed by atoms with Gasteiger partial charge in [0, 0.05) is 10.6 Å². The van der Waals surface area contributed by atoms with Gasteiger partial charge in [-0.3, -0.25) is 4.79 Å². The molecule has 4 nitrogen and oxygen atoms in total. The van der Waals surface area contributed by atoms with Crippen LogP contribution in [0.3, 0.4) is 0 Å². The Kier molecular flexibility index (Phi) is 6.70. The number of rotatable bonds is 6. The molecule has 0 aliphatic carbocycles. The molecule has 0 spiro atoms. The van der Waals surface area contributed by atoms with Crippen LogP contribution in [0.15, 0.2) is 53.4 Å². The molecule has 2 aromatic carbocycles. The molecule has 0 saturated carbocycles. The van der Waals surface area contributed by atoms with E-state index in [0.717, 1.165) is 4.90 Å². The zero-order valence-electron chi connectivity index (χ0n) is 13.4. The minimum atomic E-state index is -0.509. The number of anilines is 1. The van der Waals surface area contributed by atoms with Crippen molar-refractivity contribution in [2.24, 2.45) is 0 Å². The number of hydrogen-bond donors (Lipinski definition) is 1. The van der Waals surface area contributed by atoms with E-state index in [4.69, 9.17) is 16.3 Å². The molecular weight excluding hydrogens is 346 g/mol. The van der Waals surface area contributed by atoms with Crippen molar-refractivity contribution in [2.45, 2.75) is 24.0 Å². The van der Waals surface area contributed by atoms with Crippen molar-refractivity contribution < 1.29 is 14.3 Å². The largest absolute Gasteiger partial charge is 0.462 e. The molecule has 0 fully saturated rings. The Bertz CT molecular complexity index is 721. The first-order valence-corrected chi connectivity index (χ1v) is 8.76. The van der Waals surface area contributed by atoms with Crippen LogP contribution in [-0.2, 0) is 9.53 Å². The molecule has 0 aliphatic rings. The molecule has 0 aromatic heterocycles. The highest BCUT2D eigenvalue weighted by molar-refractivity contribution is 8.00. The molecule has 2 rings (SSSR count). The summed E-state index contributed by atoms with van der Waals surface area (Å²) in [6, 6.07) is 14.4. The zero-order valence-corrected chi connectivity index (χ0v) is 15.0. The average Bonchev–Trinajstić information content (AvgIpc) is 2.57. The average molecular weight is 364 g/mol. The fraction of sp³-hybridized carbons (Fsp3) is 0.222. The van der Waals surface area contributed by atoms with Gasteiger partial charge in [0.2, 0.25) is 5.91 Å². The summed E-state index contributed by atoms with van der Waals surface area (Å²) in [6.07, 6.45) is 0. The topological polar surface area (TPSA) is 55.4 Å². The van der Waals surface area contributed by atoms with Gasteiger partial charge >= 0.3 is 5.97 Å². The van der Waals surface area contributed by atoms with E-state index in [1.807, 2.05) is 37.3 Å². The highest BCUT2D eigenvalue weighted by atomic mass is 35.5. The van der Waals surface area contributed by atoms with Gasteiger partial charge in [0.15, 0.2) is 0 Å². The quantitative estimate of drug-likeness (QED) is 0.600. The monoisotopic (exact) mass is 363 g/mol. The number of esters is 1. The third kappa shape index (κ3) is 5.01. The molecule has 0 radical (unpaired) electrons. The van der Waals surface area contributed by atoms with Crippen LogP contribution in [0.5, 0.6) is 0 Å². The molecule has 2 aromatic rings. The molecule has 126 valence electrons. The lowest BCUT2D eigenvalue weighted by atomic mass is 10.2. The summed E-state index contributed by atoms with van der Waals surface area (Å²) < 4.78 is 4.95. The number of carbonyl (C=O) groups is 2. The molecule has 0 heterocycles. The molecule has 6 heteroatoms. The van der Waals surface area contributed by atoms with Crippen molar-refractivity contribution in [1.82, 2.24) is 0 Å². The van der Waals surface area contributed by atoms with Crippen LogP contribution in [-0.4, -0.2) is 23.7 Å². The molecule has 1 unspecified atom stereocenters. The first kappa shape index (κ1) is 18.4. The third-order valence-electron chi connectivity index (χ3n) is 3.15. The van der Waals surface area contributed by atoms with Crippen molar-refractivity contribution in [3.05, 3.63) is 59.1 Å². The Hall–Kier alpha value is -1.98. The predicted molar refractivity (Wildman–Crippen MR) is 97.8 cm³/mol. The van der Waals surface area contributed by atoms with E-state index < -0.39 is 5.97 Å². The Labute approximate surface area is 150 Å². The van der Waals surface area contributed by atoms with E-state index in [0.29, 0.717) is 5.69 Å². The fourth-order valence-electron chi connectivity index (χ4n) is 1.97. The van der Waals surface area contributed by atoms with Gasteiger partial charge in [-0.15, -0.1) is 11.8 Å². The lowest BCUT2D eigenvalue weighted by molar-refractivity contribution is -0.115. The van der Waals surface area contributed by atoms with Gasteiger partial charge in [0.1, 0.15) is 0 Å².